The summed E-state index contributed by atoms with van der Waals surface area (Å²) in [7, 11) is -3.20. The zero-order valence-corrected chi connectivity index (χ0v) is 11.5. The van der Waals surface area contributed by atoms with E-state index in [1.165, 1.54) is 0 Å². The van der Waals surface area contributed by atoms with Crippen LogP contribution in [0.5, 0.6) is 0 Å². The largest absolute Gasteiger partial charge is 0.311 e. The van der Waals surface area contributed by atoms with E-state index in [9.17, 15) is 8.42 Å². The SMILES string of the molecule is O=S(=O)(c1ccc(Cl)cc1)C1CC2CCC(C1)N2. The number of fused-ring (bicyclic) bond motifs is 2. The van der Waals surface area contributed by atoms with Crippen LogP contribution in [0, 0.1) is 0 Å². The van der Waals surface area contributed by atoms with Crippen LogP contribution in [0.15, 0.2) is 29.2 Å². The lowest BCUT2D eigenvalue weighted by atomic mass is 10.1. The molecule has 3 nitrogen and oxygen atoms in total. The van der Waals surface area contributed by atoms with Crippen LogP contribution in [0.3, 0.4) is 0 Å². The second kappa shape index (κ2) is 4.51. The Morgan fingerprint density at radius 3 is 2.17 bits per heavy atom. The first kappa shape index (κ1) is 12.5. The molecule has 5 heteroatoms. The van der Waals surface area contributed by atoms with Crippen LogP contribution >= 0.6 is 11.6 Å². The predicted molar refractivity (Wildman–Crippen MR) is 71.6 cm³/mol. The van der Waals surface area contributed by atoms with Gasteiger partial charge in [0.2, 0.25) is 0 Å². The van der Waals surface area contributed by atoms with Crippen LogP contribution < -0.4 is 5.32 Å². The molecule has 1 N–H and O–H groups in total. The second-order valence-corrected chi connectivity index (χ2v) is 7.89. The minimum Gasteiger partial charge on any atom is -0.311 e. The van der Waals surface area contributed by atoms with E-state index in [1.54, 1.807) is 24.3 Å². The highest BCUT2D eigenvalue weighted by Gasteiger charge is 2.39. The van der Waals surface area contributed by atoms with Crippen LogP contribution in [-0.2, 0) is 9.84 Å². The second-order valence-electron chi connectivity index (χ2n) is 5.23. The first-order valence-electron chi connectivity index (χ1n) is 6.31. The molecule has 2 atom stereocenters. The van der Waals surface area contributed by atoms with E-state index in [-0.39, 0.29) is 5.25 Å². The molecule has 2 aliphatic heterocycles. The molecule has 2 fully saturated rings. The molecular formula is C13H16ClNO2S. The van der Waals surface area contributed by atoms with Gasteiger partial charge in [0.1, 0.15) is 0 Å². The van der Waals surface area contributed by atoms with Crippen LogP contribution in [0.4, 0.5) is 0 Å². The molecule has 1 aromatic carbocycles. The predicted octanol–water partition coefficient (Wildman–Crippen LogP) is 2.40. The summed E-state index contributed by atoms with van der Waals surface area (Å²) in [6.45, 7) is 0. The molecule has 0 amide bonds. The maximum atomic E-state index is 12.5. The Morgan fingerprint density at radius 2 is 1.61 bits per heavy atom. The fourth-order valence-electron chi connectivity index (χ4n) is 3.08. The van der Waals surface area contributed by atoms with Gasteiger partial charge in [-0.2, -0.15) is 0 Å². The zero-order valence-electron chi connectivity index (χ0n) is 9.97. The summed E-state index contributed by atoms with van der Waals surface area (Å²) in [5, 5.41) is 3.80. The summed E-state index contributed by atoms with van der Waals surface area (Å²) in [6.07, 6.45) is 3.69. The topological polar surface area (TPSA) is 46.2 Å². The van der Waals surface area contributed by atoms with Crippen molar-refractivity contribution in [2.24, 2.45) is 0 Å². The quantitative estimate of drug-likeness (QED) is 0.908. The number of nitrogens with one attached hydrogen (secondary N) is 1. The van der Waals surface area contributed by atoms with Crippen molar-refractivity contribution in [2.45, 2.75) is 47.9 Å². The van der Waals surface area contributed by atoms with Crippen molar-refractivity contribution in [1.82, 2.24) is 5.32 Å². The summed E-state index contributed by atoms with van der Waals surface area (Å²) in [5.41, 5.74) is 0. The molecule has 98 valence electrons. The molecular weight excluding hydrogens is 270 g/mol. The van der Waals surface area contributed by atoms with Gasteiger partial charge in [-0.25, -0.2) is 8.42 Å². The Balaban J connectivity index is 1.88. The Bertz CT molecular complexity index is 529. The van der Waals surface area contributed by atoms with Gasteiger partial charge in [0, 0.05) is 17.1 Å². The molecule has 0 aromatic heterocycles. The molecule has 2 bridgehead atoms. The fraction of sp³-hybridized carbons (Fsp3) is 0.538. The average Bonchev–Trinajstić information content (AvgIpc) is 2.68. The zero-order chi connectivity index (χ0) is 12.8. The van der Waals surface area contributed by atoms with E-state index in [4.69, 9.17) is 11.6 Å². The molecule has 2 heterocycles. The normalized spacial score (nSPS) is 31.5. The van der Waals surface area contributed by atoms with Crippen molar-refractivity contribution in [2.75, 3.05) is 0 Å². The van der Waals surface area contributed by atoms with Gasteiger partial charge in [-0.05, 0) is 49.9 Å². The summed E-state index contributed by atoms with van der Waals surface area (Å²) in [5.74, 6) is 0. The van der Waals surface area contributed by atoms with Crippen molar-refractivity contribution in [3.8, 4) is 0 Å². The Kier molecular flexibility index (Phi) is 3.12. The Labute approximate surface area is 112 Å². The highest BCUT2D eigenvalue weighted by molar-refractivity contribution is 7.92. The fourth-order valence-corrected chi connectivity index (χ4v) is 5.07. The van der Waals surface area contributed by atoms with Crippen molar-refractivity contribution >= 4 is 21.4 Å². The molecule has 0 saturated carbocycles. The lowest BCUT2D eigenvalue weighted by Gasteiger charge is -2.28. The van der Waals surface area contributed by atoms with Gasteiger partial charge < -0.3 is 5.32 Å². The first-order valence-corrected chi connectivity index (χ1v) is 8.23. The third-order valence-corrected chi connectivity index (χ3v) is 6.45. The molecule has 2 aliphatic rings. The first-order chi connectivity index (χ1) is 8.55. The number of piperidine rings is 1. The number of hydrogen-bond acceptors (Lipinski definition) is 3. The van der Waals surface area contributed by atoms with E-state index in [0.717, 1.165) is 25.7 Å². The monoisotopic (exact) mass is 285 g/mol. The third kappa shape index (κ3) is 2.17. The minimum absolute atomic E-state index is 0.238. The number of rotatable bonds is 2. The number of hydrogen-bond donors (Lipinski definition) is 1. The van der Waals surface area contributed by atoms with Gasteiger partial charge >= 0.3 is 0 Å². The third-order valence-electron chi connectivity index (χ3n) is 4.01. The van der Waals surface area contributed by atoms with E-state index in [0.29, 0.717) is 22.0 Å². The van der Waals surface area contributed by atoms with Crippen molar-refractivity contribution in [1.29, 1.82) is 0 Å². The maximum absolute atomic E-state index is 12.5. The van der Waals surface area contributed by atoms with E-state index in [2.05, 4.69) is 5.32 Å². The number of halogens is 1. The van der Waals surface area contributed by atoms with Crippen LogP contribution in [-0.4, -0.2) is 25.8 Å². The number of benzene rings is 1. The molecule has 2 saturated heterocycles. The molecule has 18 heavy (non-hydrogen) atoms. The molecule has 0 radical (unpaired) electrons. The smallest absolute Gasteiger partial charge is 0.181 e. The molecule has 3 rings (SSSR count). The lowest BCUT2D eigenvalue weighted by Crippen LogP contribution is -2.43. The lowest BCUT2D eigenvalue weighted by molar-refractivity contribution is 0.401. The van der Waals surface area contributed by atoms with Gasteiger partial charge in [-0.1, -0.05) is 11.6 Å². The maximum Gasteiger partial charge on any atom is 0.181 e. The van der Waals surface area contributed by atoms with Gasteiger partial charge in [-0.15, -0.1) is 0 Å². The number of sulfone groups is 1. The van der Waals surface area contributed by atoms with Gasteiger partial charge in [0.15, 0.2) is 9.84 Å². The summed E-state index contributed by atoms with van der Waals surface area (Å²) in [6, 6.07) is 7.28. The molecule has 0 aliphatic carbocycles. The highest BCUT2D eigenvalue weighted by Crippen LogP contribution is 2.33. The average molecular weight is 286 g/mol. The van der Waals surface area contributed by atoms with Crippen LogP contribution in [0.1, 0.15) is 25.7 Å². The standard InChI is InChI=1S/C13H16ClNO2S/c14-9-1-5-12(6-2-9)18(16,17)13-7-10-3-4-11(8-13)15-10/h1-2,5-6,10-11,13,15H,3-4,7-8H2. The van der Waals surface area contributed by atoms with Crippen molar-refractivity contribution in [3.05, 3.63) is 29.3 Å². The molecule has 1 aromatic rings. The highest BCUT2D eigenvalue weighted by atomic mass is 35.5. The van der Waals surface area contributed by atoms with Crippen molar-refractivity contribution < 1.29 is 8.42 Å². The van der Waals surface area contributed by atoms with E-state index < -0.39 is 9.84 Å². The van der Waals surface area contributed by atoms with Gasteiger partial charge in [0.25, 0.3) is 0 Å². The van der Waals surface area contributed by atoms with Gasteiger partial charge in [0.05, 0.1) is 10.1 Å². The van der Waals surface area contributed by atoms with Crippen LogP contribution in [0.2, 0.25) is 5.02 Å². The summed E-state index contributed by atoms with van der Waals surface area (Å²) >= 11 is 5.80. The Morgan fingerprint density at radius 1 is 1.06 bits per heavy atom. The minimum atomic E-state index is -3.20. The Hall–Kier alpha value is -0.580. The van der Waals surface area contributed by atoms with Crippen molar-refractivity contribution in [3.63, 3.8) is 0 Å². The van der Waals surface area contributed by atoms with E-state index >= 15 is 0 Å². The van der Waals surface area contributed by atoms with Crippen LogP contribution in [0.25, 0.3) is 0 Å². The van der Waals surface area contributed by atoms with E-state index in [1.807, 2.05) is 0 Å². The molecule has 2 unspecified atom stereocenters. The molecule has 0 spiro atoms. The van der Waals surface area contributed by atoms with Gasteiger partial charge in [-0.3, -0.25) is 0 Å². The summed E-state index contributed by atoms with van der Waals surface area (Å²) in [4.78, 5) is 0.401. The summed E-state index contributed by atoms with van der Waals surface area (Å²) < 4.78 is 25.1.